The van der Waals surface area contributed by atoms with Crippen LogP contribution in [0.2, 0.25) is 0 Å². The quantitative estimate of drug-likeness (QED) is 0.796. The van der Waals surface area contributed by atoms with Gasteiger partial charge in [0.15, 0.2) is 0 Å². The second-order valence-electron chi connectivity index (χ2n) is 6.55. The Balaban J connectivity index is 1.96. The molecule has 3 heteroatoms. The minimum absolute atomic E-state index is 0.409. The zero-order chi connectivity index (χ0) is 15.1. The fraction of sp³-hybridized carbons (Fsp3) is 0.667. The maximum Gasteiger partial charge on any atom is 0.0702 e. The van der Waals surface area contributed by atoms with Gasteiger partial charge in [-0.1, -0.05) is 44.2 Å². The molecule has 0 spiro atoms. The summed E-state index contributed by atoms with van der Waals surface area (Å²) in [5.41, 5.74) is 1.38. The molecule has 1 aromatic rings. The van der Waals surface area contributed by atoms with Crippen LogP contribution < -0.4 is 5.32 Å². The van der Waals surface area contributed by atoms with Crippen LogP contribution in [-0.4, -0.2) is 44.3 Å². The van der Waals surface area contributed by atoms with E-state index in [1.807, 2.05) is 0 Å². The lowest BCUT2D eigenvalue weighted by atomic mass is 10.0. The van der Waals surface area contributed by atoms with Crippen LogP contribution in [0.1, 0.15) is 38.3 Å². The number of nitrogens with zero attached hydrogens (tertiary/aromatic N) is 1. The van der Waals surface area contributed by atoms with Gasteiger partial charge in [0.05, 0.1) is 6.10 Å². The highest BCUT2D eigenvalue weighted by molar-refractivity contribution is 5.19. The lowest BCUT2D eigenvalue weighted by Gasteiger charge is -2.31. The average Bonchev–Trinajstić information content (AvgIpc) is 2.97. The van der Waals surface area contributed by atoms with Gasteiger partial charge < -0.3 is 10.1 Å². The van der Waals surface area contributed by atoms with Crippen molar-refractivity contribution in [1.82, 2.24) is 10.2 Å². The number of hydrogen-bond donors (Lipinski definition) is 1. The van der Waals surface area contributed by atoms with E-state index in [1.54, 1.807) is 0 Å². The fourth-order valence-corrected chi connectivity index (χ4v) is 2.95. The molecule has 1 heterocycles. The smallest absolute Gasteiger partial charge is 0.0702 e. The van der Waals surface area contributed by atoms with Gasteiger partial charge in [-0.2, -0.15) is 0 Å². The second-order valence-corrected chi connectivity index (χ2v) is 6.55. The van der Waals surface area contributed by atoms with Crippen LogP contribution in [0.15, 0.2) is 30.3 Å². The average molecular weight is 290 g/mol. The summed E-state index contributed by atoms with van der Waals surface area (Å²) in [7, 11) is 2.22. The summed E-state index contributed by atoms with van der Waals surface area (Å²) in [4.78, 5) is 2.44. The third kappa shape index (κ3) is 5.42. The zero-order valence-electron chi connectivity index (χ0n) is 13.7. The minimum Gasteiger partial charge on any atom is -0.377 e. The number of likely N-dealkylation sites (N-methyl/N-ethyl adjacent to an activating group) is 1. The molecule has 118 valence electrons. The Labute approximate surface area is 129 Å². The van der Waals surface area contributed by atoms with E-state index in [0.29, 0.717) is 18.1 Å². The van der Waals surface area contributed by atoms with Crippen molar-refractivity contribution in [2.45, 2.75) is 38.8 Å². The van der Waals surface area contributed by atoms with Crippen LogP contribution in [0.25, 0.3) is 0 Å². The molecule has 1 saturated heterocycles. The van der Waals surface area contributed by atoms with Gasteiger partial charge in [0.25, 0.3) is 0 Å². The van der Waals surface area contributed by atoms with Gasteiger partial charge in [-0.25, -0.2) is 0 Å². The van der Waals surface area contributed by atoms with Gasteiger partial charge in [0, 0.05) is 25.7 Å². The van der Waals surface area contributed by atoms with Gasteiger partial charge in [0.1, 0.15) is 0 Å². The van der Waals surface area contributed by atoms with E-state index in [-0.39, 0.29) is 0 Å². The molecule has 2 atom stereocenters. The Bertz CT molecular complexity index is 387. The zero-order valence-corrected chi connectivity index (χ0v) is 13.7. The van der Waals surface area contributed by atoms with Gasteiger partial charge in [0.2, 0.25) is 0 Å². The number of hydrogen-bond acceptors (Lipinski definition) is 3. The van der Waals surface area contributed by atoms with Crippen LogP contribution >= 0.6 is 0 Å². The fourth-order valence-electron chi connectivity index (χ4n) is 2.95. The molecule has 1 aliphatic rings. The topological polar surface area (TPSA) is 24.5 Å². The Morgan fingerprint density at radius 1 is 1.24 bits per heavy atom. The number of ether oxygens (including phenoxy) is 1. The van der Waals surface area contributed by atoms with E-state index in [4.69, 9.17) is 4.74 Å². The van der Waals surface area contributed by atoms with Crippen LogP contribution in [-0.2, 0) is 4.74 Å². The summed E-state index contributed by atoms with van der Waals surface area (Å²) in [5, 5.41) is 3.61. The normalized spacial score (nSPS) is 20.3. The number of rotatable bonds is 8. The molecule has 2 unspecified atom stereocenters. The minimum atomic E-state index is 0.409. The van der Waals surface area contributed by atoms with E-state index in [2.05, 4.69) is 61.4 Å². The Hall–Kier alpha value is -0.900. The first kappa shape index (κ1) is 16.5. The molecule has 0 bridgehead atoms. The van der Waals surface area contributed by atoms with Crippen molar-refractivity contribution >= 4 is 0 Å². The molecule has 1 aliphatic heterocycles. The first-order chi connectivity index (χ1) is 10.2. The van der Waals surface area contributed by atoms with E-state index in [1.165, 1.54) is 18.4 Å². The lowest BCUT2D eigenvalue weighted by Crippen LogP contribution is -2.38. The SMILES string of the molecule is CC(C)CNCC(c1ccccc1)N(C)CC1CCCO1. The molecule has 3 nitrogen and oxygen atoms in total. The van der Waals surface area contributed by atoms with Crippen molar-refractivity contribution in [2.24, 2.45) is 5.92 Å². The maximum absolute atomic E-state index is 5.79. The summed E-state index contributed by atoms with van der Waals surface area (Å²) >= 11 is 0. The van der Waals surface area contributed by atoms with Crippen LogP contribution in [0.5, 0.6) is 0 Å². The van der Waals surface area contributed by atoms with Crippen molar-refractivity contribution in [3.05, 3.63) is 35.9 Å². The van der Waals surface area contributed by atoms with E-state index in [0.717, 1.165) is 26.2 Å². The van der Waals surface area contributed by atoms with Crippen LogP contribution in [0, 0.1) is 5.92 Å². The van der Waals surface area contributed by atoms with Gasteiger partial charge in [-0.3, -0.25) is 4.90 Å². The Morgan fingerprint density at radius 2 is 2.00 bits per heavy atom. The largest absolute Gasteiger partial charge is 0.377 e. The summed E-state index contributed by atoms with van der Waals surface area (Å²) in [6.07, 6.45) is 2.82. The van der Waals surface area contributed by atoms with E-state index < -0.39 is 0 Å². The van der Waals surface area contributed by atoms with Crippen molar-refractivity contribution in [1.29, 1.82) is 0 Å². The van der Waals surface area contributed by atoms with Crippen molar-refractivity contribution in [3.8, 4) is 0 Å². The van der Waals surface area contributed by atoms with Gasteiger partial charge in [-0.15, -0.1) is 0 Å². The summed E-state index contributed by atoms with van der Waals surface area (Å²) in [5.74, 6) is 0.685. The Kier molecular flexibility index (Phi) is 6.68. The molecular weight excluding hydrogens is 260 g/mol. The predicted octanol–water partition coefficient (Wildman–Crippen LogP) is 3.08. The highest BCUT2D eigenvalue weighted by Gasteiger charge is 2.23. The molecule has 2 rings (SSSR count). The van der Waals surface area contributed by atoms with Gasteiger partial charge in [-0.05, 0) is 37.9 Å². The molecule has 1 N–H and O–H groups in total. The molecule has 0 aromatic heterocycles. The summed E-state index contributed by atoms with van der Waals surface area (Å²) in [6, 6.07) is 11.2. The second kappa shape index (κ2) is 8.52. The van der Waals surface area contributed by atoms with Gasteiger partial charge >= 0.3 is 0 Å². The third-order valence-electron chi connectivity index (χ3n) is 4.12. The molecule has 0 saturated carbocycles. The molecule has 1 fully saturated rings. The molecule has 0 aliphatic carbocycles. The predicted molar refractivity (Wildman–Crippen MR) is 88.5 cm³/mol. The monoisotopic (exact) mass is 290 g/mol. The lowest BCUT2D eigenvalue weighted by molar-refractivity contribution is 0.0675. The molecule has 0 radical (unpaired) electrons. The summed E-state index contributed by atoms with van der Waals surface area (Å²) < 4.78 is 5.79. The highest BCUT2D eigenvalue weighted by Crippen LogP contribution is 2.21. The first-order valence-corrected chi connectivity index (χ1v) is 8.24. The van der Waals surface area contributed by atoms with Crippen molar-refractivity contribution in [2.75, 3.05) is 33.3 Å². The standard InChI is InChI=1S/C18H30N2O/c1-15(2)12-19-13-18(16-8-5-4-6-9-16)20(3)14-17-10-7-11-21-17/h4-6,8-9,15,17-19H,7,10-14H2,1-3H3. The third-order valence-corrected chi connectivity index (χ3v) is 4.12. The number of benzene rings is 1. The van der Waals surface area contributed by atoms with Crippen molar-refractivity contribution < 1.29 is 4.74 Å². The van der Waals surface area contributed by atoms with Crippen LogP contribution in [0.4, 0.5) is 0 Å². The van der Waals surface area contributed by atoms with Crippen LogP contribution in [0.3, 0.4) is 0 Å². The van der Waals surface area contributed by atoms with E-state index >= 15 is 0 Å². The Morgan fingerprint density at radius 3 is 2.62 bits per heavy atom. The molecular formula is C18H30N2O. The number of nitrogens with one attached hydrogen (secondary N) is 1. The van der Waals surface area contributed by atoms with E-state index in [9.17, 15) is 0 Å². The molecule has 0 amide bonds. The molecule has 21 heavy (non-hydrogen) atoms. The first-order valence-electron chi connectivity index (χ1n) is 8.24. The maximum atomic E-state index is 5.79. The van der Waals surface area contributed by atoms with Crippen molar-refractivity contribution in [3.63, 3.8) is 0 Å². The highest BCUT2D eigenvalue weighted by atomic mass is 16.5. The molecule has 1 aromatic carbocycles. The summed E-state index contributed by atoms with van der Waals surface area (Å²) in [6.45, 7) is 8.51.